The molecule has 1 saturated heterocycles. The molecule has 126 valence electrons. The molecule has 5 nitrogen and oxygen atoms in total. The molecule has 2 rings (SSSR count). The predicted octanol–water partition coefficient (Wildman–Crippen LogP) is 3.16. The van der Waals surface area contributed by atoms with Gasteiger partial charge in [0.25, 0.3) is 5.91 Å². The molecule has 1 unspecified atom stereocenters. The highest BCUT2D eigenvalue weighted by molar-refractivity contribution is 5.97. The highest BCUT2D eigenvalue weighted by atomic mass is 16.2. The van der Waals surface area contributed by atoms with Gasteiger partial charge in [-0.25, -0.2) is 4.79 Å². The number of hydrogen-bond acceptors (Lipinski definition) is 2. The molecular weight excluding hydrogens is 290 g/mol. The van der Waals surface area contributed by atoms with Crippen LogP contribution in [0.3, 0.4) is 0 Å². The van der Waals surface area contributed by atoms with Crippen molar-refractivity contribution >= 4 is 17.6 Å². The van der Waals surface area contributed by atoms with Gasteiger partial charge in [-0.05, 0) is 43.5 Å². The third-order valence-corrected chi connectivity index (χ3v) is 4.09. The minimum absolute atomic E-state index is 0.0560. The number of amides is 3. The van der Waals surface area contributed by atoms with Crippen molar-refractivity contribution in [1.82, 2.24) is 10.6 Å². The van der Waals surface area contributed by atoms with Crippen LogP contribution in [0, 0.1) is 5.92 Å². The van der Waals surface area contributed by atoms with E-state index in [1.165, 1.54) is 6.42 Å². The van der Waals surface area contributed by atoms with Crippen LogP contribution in [0.5, 0.6) is 0 Å². The monoisotopic (exact) mass is 317 g/mol. The second kappa shape index (κ2) is 7.99. The van der Waals surface area contributed by atoms with Crippen LogP contribution in [-0.4, -0.2) is 31.1 Å². The first-order chi connectivity index (χ1) is 11.0. The smallest absolute Gasteiger partial charge is 0.321 e. The Morgan fingerprint density at radius 2 is 1.91 bits per heavy atom. The Labute approximate surface area is 138 Å². The van der Waals surface area contributed by atoms with Crippen molar-refractivity contribution in [2.45, 2.75) is 46.1 Å². The van der Waals surface area contributed by atoms with Crippen LogP contribution in [0.25, 0.3) is 0 Å². The lowest BCUT2D eigenvalue weighted by Gasteiger charge is -2.16. The highest BCUT2D eigenvalue weighted by Crippen LogP contribution is 2.17. The van der Waals surface area contributed by atoms with Gasteiger partial charge in [-0.2, -0.15) is 0 Å². The molecule has 0 aliphatic carbocycles. The third-order valence-electron chi connectivity index (χ3n) is 4.09. The van der Waals surface area contributed by atoms with Crippen molar-refractivity contribution in [2.75, 3.05) is 18.0 Å². The maximum Gasteiger partial charge on any atom is 0.321 e. The van der Waals surface area contributed by atoms with Gasteiger partial charge in [0.1, 0.15) is 0 Å². The molecule has 1 aromatic carbocycles. The second-order valence-electron chi connectivity index (χ2n) is 6.63. The maximum atomic E-state index is 12.2. The Kier molecular flexibility index (Phi) is 6.02. The third kappa shape index (κ3) is 4.98. The Morgan fingerprint density at radius 3 is 2.48 bits per heavy atom. The largest absolute Gasteiger partial charge is 0.350 e. The summed E-state index contributed by atoms with van der Waals surface area (Å²) in [5.74, 6) is 0.646. The molecule has 1 atom stereocenters. The van der Waals surface area contributed by atoms with Crippen molar-refractivity contribution in [2.24, 2.45) is 5.92 Å². The number of rotatable bonds is 7. The summed E-state index contributed by atoms with van der Waals surface area (Å²) in [5, 5.41) is 5.80. The molecule has 0 saturated carbocycles. The number of nitrogens with one attached hydrogen (secondary N) is 2. The van der Waals surface area contributed by atoms with Crippen LogP contribution in [0.4, 0.5) is 10.5 Å². The molecule has 0 bridgehead atoms. The summed E-state index contributed by atoms with van der Waals surface area (Å²) in [6.45, 7) is 7.80. The topological polar surface area (TPSA) is 61.4 Å². The molecule has 1 aliphatic heterocycles. The standard InChI is InChI=1S/C18H27N3O2/c1-13(2)5-4-6-14(3)20-17(22)15-7-9-16(10-8-15)21-12-11-19-18(21)23/h7-10,13-14H,4-6,11-12H2,1-3H3,(H,19,23)(H,20,22). The molecule has 0 spiro atoms. The molecule has 2 N–H and O–H groups in total. The highest BCUT2D eigenvalue weighted by Gasteiger charge is 2.21. The molecule has 5 heteroatoms. The summed E-state index contributed by atoms with van der Waals surface area (Å²) in [6.07, 6.45) is 3.31. The van der Waals surface area contributed by atoms with E-state index in [-0.39, 0.29) is 18.0 Å². The number of benzene rings is 1. The van der Waals surface area contributed by atoms with Gasteiger partial charge in [0.05, 0.1) is 0 Å². The van der Waals surface area contributed by atoms with E-state index in [0.717, 1.165) is 18.5 Å². The van der Waals surface area contributed by atoms with Crippen LogP contribution >= 0.6 is 0 Å². The van der Waals surface area contributed by atoms with Crippen LogP contribution in [0.1, 0.15) is 50.4 Å². The quantitative estimate of drug-likeness (QED) is 0.811. The fraction of sp³-hybridized carbons (Fsp3) is 0.556. The molecule has 3 amide bonds. The van der Waals surface area contributed by atoms with Crippen LogP contribution in [0.2, 0.25) is 0 Å². The summed E-state index contributed by atoms with van der Waals surface area (Å²) in [7, 11) is 0. The van der Waals surface area contributed by atoms with Crippen molar-refractivity contribution < 1.29 is 9.59 Å². The van der Waals surface area contributed by atoms with Gasteiger partial charge in [-0.3, -0.25) is 9.69 Å². The molecule has 0 radical (unpaired) electrons. The van der Waals surface area contributed by atoms with E-state index in [4.69, 9.17) is 0 Å². The number of urea groups is 1. The summed E-state index contributed by atoms with van der Waals surface area (Å²) in [6, 6.07) is 7.28. The summed E-state index contributed by atoms with van der Waals surface area (Å²) >= 11 is 0. The SMILES string of the molecule is CC(C)CCCC(C)NC(=O)c1ccc(N2CCNC2=O)cc1. The van der Waals surface area contributed by atoms with Crippen molar-refractivity contribution in [1.29, 1.82) is 0 Å². The number of nitrogens with zero attached hydrogens (tertiary/aromatic N) is 1. The first-order valence-corrected chi connectivity index (χ1v) is 8.43. The predicted molar refractivity (Wildman–Crippen MR) is 92.8 cm³/mol. The lowest BCUT2D eigenvalue weighted by Crippen LogP contribution is -2.32. The van der Waals surface area contributed by atoms with E-state index < -0.39 is 0 Å². The summed E-state index contributed by atoms with van der Waals surface area (Å²) in [5.41, 5.74) is 1.45. The van der Waals surface area contributed by atoms with Crippen LogP contribution in [0.15, 0.2) is 24.3 Å². The molecule has 1 aromatic rings. The first-order valence-electron chi connectivity index (χ1n) is 8.43. The minimum atomic E-state index is -0.0824. The van der Waals surface area contributed by atoms with Crippen molar-refractivity contribution in [3.05, 3.63) is 29.8 Å². The molecular formula is C18H27N3O2. The number of hydrogen-bond donors (Lipinski definition) is 2. The molecule has 1 heterocycles. The van der Waals surface area contributed by atoms with Crippen LogP contribution < -0.4 is 15.5 Å². The van der Waals surface area contributed by atoms with Gasteiger partial charge in [0.2, 0.25) is 0 Å². The molecule has 1 aliphatic rings. The Morgan fingerprint density at radius 1 is 1.22 bits per heavy atom. The summed E-state index contributed by atoms with van der Waals surface area (Å²) in [4.78, 5) is 25.5. The molecule has 0 aromatic heterocycles. The maximum absolute atomic E-state index is 12.2. The van der Waals surface area contributed by atoms with E-state index in [1.807, 2.05) is 19.1 Å². The average Bonchev–Trinajstić information content (AvgIpc) is 2.93. The lowest BCUT2D eigenvalue weighted by molar-refractivity contribution is 0.0938. The van der Waals surface area contributed by atoms with Gasteiger partial charge in [0, 0.05) is 30.4 Å². The van der Waals surface area contributed by atoms with E-state index in [2.05, 4.69) is 24.5 Å². The van der Waals surface area contributed by atoms with E-state index >= 15 is 0 Å². The van der Waals surface area contributed by atoms with E-state index in [9.17, 15) is 9.59 Å². The Balaban J connectivity index is 1.86. The first kappa shape index (κ1) is 17.3. The molecule has 23 heavy (non-hydrogen) atoms. The van der Waals surface area contributed by atoms with E-state index in [0.29, 0.717) is 24.6 Å². The van der Waals surface area contributed by atoms with Gasteiger partial charge < -0.3 is 10.6 Å². The second-order valence-corrected chi connectivity index (χ2v) is 6.63. The van der Waals surface area contributed by atoms with Gasteiger partial charge in [-0.15, -0.1) is 0 Å². The molecule has 1 fully saturated rings. The van der Waals surface area contributed by atoms with E-state index in [1.54, 1.807) is 17.0 Å². The fourth-order valence-electron chi connectivity index (χ4n) is 2.72. The van der Waals surface area contributed by atoms with Gasteiger partial charge in [-0.1, -0.05) is 26.7 Å². The zero-order valence-corrected chi connectivity index (χ0v) is 14.3. The Bertz CT molecular complexity index is 540. The van der Waals surface area contributed by atoms with Crippen molar-refractivity contribution in [3.8, 4) is 0 Å². The Hall–Kier alpha value is -2.04. The lowest BCUT2D eigenvalue weighted by atomic mass is 10.0. The number of carbonyl (C=O) groups excluding carboxylic acids is 2. The zero-order chi connectivity index (χ0) is 16.8. The number of carbonyl (C=O) groups is 2. The zero-order valence-electron chi connectivity index (χ0n) is 14.3. The fourth-order valence-corrected chi connectivity index (χ4v) is 2.72. The van der Waals surface area contributed by atoms with Gasteiger partial charge in [0.15, 0.2) is 0 Å². The van der Waals surface area contributed by atoms with Crippen molar-refractivity contribution in [3.63, 3.8) is 0 Å². The normalized spacial score (nSPS) is 15.7. The van der Waals surface area contributed by atoms with Gasteiger partial charge >= 0.3 is 6.03 Å². The number of anilines is 1. The summed E-state index contributed by atoms with van der Waals surface area (Å²) < 4.78 is 0. The van der Waals surface area contributed by atoms with Crippen LogP contribution in [-0.2, 0) is 0 Å². The minimum Gasteiger partial charge on any atom is -0.350 e. The average molecular weight is 317 g/mol.